The molecule has 1 aromatic heterocycles. The Labute approximate surface area is 375 Å². The number of carbonyl (C=O) groups is 1. The van der Waals surface area contributed by atoms with Gasteiger partial charge in [0, 0.05) is 25.6 Å². The molecule has 0 amide bonds. The lowest BCUT2D eigenvalue weighted by atomic mass is 9.80. The monoisotopic (exact) mass is 924 g/mol. The number of ether oxygens (including phenoxy) is 8. The number of aromatic nitrogens is 1. The van der Waals surface area contributed by atoms with E-state index in [0.29, 0.717) is 103 Å². The SMILES string of the molecule is CCC[C@@]1(CCc2ccccc2)CC(O)=C([C@H](CC)c2cccc(N(CCOCCOCCOCCOCCOCCOCCOC)S(=O)(=O)c3ccc(C(F)(F)F)cn3)c2)C(=O)O1. The van der Waals surface area contributed by atoms with Crippen molar-refractivity contribution in [2.45, 2.75) is 75.1 Å². The van der Waals surface area contributed by atoms with Crippen molar-refractivity contribution in [3.8, 4) is 0 Å². The standard InChI is InChI=1S/C46H63F3N2O12S/c1-4-17-45(18-16-36-10-7-6-8-11-36)34-41(52)43(44(53)63-45)40(5-2)37-12-9-13-39(33-37)51(64(54,55)42-15-14-38(35-50-42)46(47,48)49)19-20-57-23-24-59-27-28-61-31-32-62-30-29-60-26-25-58-22-21-56-3/h6-15,33,35,40,52H,4-5,16-32,34H2,1-3H3/t40-,45-/m1/s1. The number of rotatable bonds is 32. The van der Waals surface area contributed by atoms with Gasteiger partial charge in [0.25, 0.3) is 10.0 Å². The number of methoxy groups -OCH3 is 1. The molecule has 3 aromatic rings. The highest BCUT2D eigenvalue weighted by Crippen LogP contribution is 2.42. The van der Waals surface area contributed by atoms with Crippen LogP contribution in [0.4, 0.5) is 18.9 Å². The Morgan fingerprint density at radius 3 is 1.86 bits per heavy atom. The lowest BCUT2D eigenvalue weighted by molar-refractivity contribution is -0.161. The number of aryl methyl sites for hydroxylation is 1. The van der Waals surface area contributed by atoms with Gasteiger partial charge in [-0.25, -0.2) is 9.78 Å². The maximum atomic E-state index is 14.1. The highest BCUT2D eigenvalue weighted by molar-refractivity contribution is 7.92. The third kappa shape index (κ3) is 16.7. The van der Waals surface area contributed by atoms with E-state index < -0.39 is 44.3 Å². The van der Waals surface area contributed by atoms with Crippen LogP contribution < -0.4 is 4.31 Å². The molecule has 14 nitrogen and oxygen atoms in total. The molecule has 2 aromatic carbocycles. The molecule has 2 heterocycles. The molecular formula is C46H63F3N2O12S. The minimum atomic E-state index is -4.72. The number of pyridine rings is 1. The largest absolute Gasteiger partial charge is 0.512 e. The summed E-state index contributed by atoms with van der Waals surface area (Å²) in [4.78, 5) is 17.5. The number of anilines is 1. The maximum absolute atomic E-state index is 14.1. The van der Waals surface area contributed by atoms with Gasteiger partial charge in [0.15, 0.2) is 5.03 Å². The Hall–Kier alpha value is -4.14. The second-order valence-electron chi connectivity index (χ2n) is 15.0. The normalized spacial score (nSPS) is 16.2. The Balaban J connectivity index is 1.36. The summed E-state index contributed by atoms with van der Waals surface area (Å²) in [6.45, 7) is 8.05. The fourth-order valence-electron chi connectivity index (χ4n) is 7.22. The summed E-state index contributed by atoms with van der Waals surface area (Å²) in [5.74, 6) is -1.37. The minimum absolute atomic E-state index is 0.0710. The molecule has 1 N–H and O–H groups in total. The molecule has 0 saturated carbocycles. The van der Waals surface area contributed by atoms with Crippen LogP contribution in [0, 0.1) is 0 Å². The zero-order chi connectivity index (χ0) is 46.3. The van der Waals surface area contributed by atoms with Crippen LogP contribution in [-0.4, -0.2) is 130 Å². The zero-order valence-electron chi connectivity index (χ0n) is 37.0. The van der Waals surface area contributed by atoms with E-state index in [1.54, 1.807) is 25.3 Å². The van der Waals surface area contributed by atoms with Crippen LogP contribution in [0.15, 0.2) is 89.3 Å². The van der Waals surface area contributed by atoms with Gasteiger partial charge in [0.05, 0.1) is 109 Å². The first-order valence-electron chi connectivity index (χ1n) is 21.7. The third-order valence-corrected chi connectivity index (χ3v) is 12.2. The highest BCUT2D eigenvalue weighted by Gasteiger charge is 2.43. The Morgan fingerprint density at radius 1 is 0.781 bits per heavy atom. The molecule has 4 rings (SSSR count). The van der Waals surface area contributed by atoms with Crippen LogP contribution in [0.3, 0.4) is 0 Å². The van der Waals surface area contributed by atoms with Crippen molar-refractivity contribution in [3.63, 3.8) is 0 Å². The number of hydrogen-bond acceptors (Lipinski definition) is 13. The van der Waals surface area contributed by atoms with Gasteiger partial charge in [-0.05, 0) is 61.1 Å². The van der Waals surface area contributed by atoms with Crippen LogP contribution in [0.1, 0.15) is 68.6 Å². The molecule has 0 unspecified atom stereocenters. The molecule has 64 heavy (non-hydrogen) atoms. The van der Waals surface area contributed by atoms with Crippen molar-refractivity contribution in [3.05, 3.63) is 101 Å². The van der Waals surface area contributed by atoms with Gasteiger partial charge in [0.2, 0.25) is 0 Å². The summed E-state index contributed by atoms with van der Waals surface area (Å²) in [5, 5.41) is 11.0. The Morgan fingerprint density at radius 2 is 1.36 bits per heavy atom. The van der Waals surface area contributed by atoms with Gasteiger partial charge in [-0.1, -0.05) is 62.7 Å². The minimum Gasteiger partial charge on any atom is -0.512 e. The Kier molecular flexibility index (Phi) is 22.4. The summed E-state index contributed by atoms with van der Waals surface area (Å²) in [7, 11) is -2.93. The third-order valence-electron chi connectivity index (χ3n) is 10.4. The molecule has 0 bridgehead atoms. The van der Waals surface area contributed by atoms with Crippen molar-refractivity contribution >= 4 is 21.7 Å². The van der Waals surface area contributed by atoms with Crippen molar-refractivity contribution in [1.82, 2.24) is 4.98 Å². The van der Waals surface area contributed by atoms with E-state index in [0.717, 1.165) is 22.4 Å². The predicted octanol–water partition coefficient (Wildman–Crippen LogP) is 7.47. The first kappa shape index (κ1) is 52.5. The van der Waals surface area contributed by atoms with Crippen LogP contribution in [0.2, 0.25) is 0 Å². The fourth-order valence-corrected chi connectivity index (χ4v) is 8.58. The van der Waals surface area contributed by atoms with Gasteiger partial charge < -0.3 is 43.0 Å². The summed E-state index contributed by atoms with van der Waals surface area (Å²) < 4.78 is 113. The number of esters is 1. The van der Waals surface area contributed by atoms with Crippen LogP contribution in [0.25, 0.3) is 0 Å². The highest BCUT2D eigenvalue weighted by atomic mass is 32.2. The molecule has 1 aliphatic heterocycles. The van der Waals surface area contributed by atoms with Crippen LogP contribution in [-0.2, 0) is 65.3 Å². The van der Waals surface area contributed by atoms with Crippen molar-refractivity contribution < 1.29 is 69.4 Å². The molecule has 0 aliphatic carbocycles. The number of aliphatic hydroxyl groups is 1. The summed E-state index contributed by atoms with van der Waals surface area (Å²) in [6, 6.07) is 17.8. The molecule has 0 spiro atoms. The number of sulfonamides is 1. The number of alkyl halides is 3. The second-order valence-corrected chi connectivity index (χ2v) is 16.8. The van der Waals surface area contributed by atoms with E-state index in [4.69, 9.17) is 37.9 Å². The predicted molar refractivity (Wildman–Crippen MR) is 233 cm³/mol. The second kappa shape index (κ2) is 27.4. The lowest BCUT2D eigenvalue weighted by Gasteiger charge is -2.39. The van der Waals surface area contributed by atoms with Gasteiger partial charge in [0.1, 0.15) is 11.4 Å². The molecule has 0 saturated heterocycles. The maximum Gasteiger partial charge on any atom is 0.417 e. The quantitative estimate of drug-likeness (QED) is 0.0486. The number of aliphatic hydroxyl groups excluding tert-OH is 1. The summed E-state index contributed by atoms with van der Waals surface area (Å²) >= 11 is 0. The van der Waals surface area contributed by atoms with E-state index in [9.17, 15) is 31.5 Å². The van der Waals surface area contributed by atoms with E-state index in [1.807, 2.05) is 44.2 Å². The first-order valence-corrected chi connectivity index (χ1v) is 23.1. The van der Waals surface area contributed by atoms with Gasteiger partial charge in [-0.3, -0.25) is 4.31 Å². The molecular weight excluding hydrogens is 862 g/mol. The lowest BCUT2D eigenvalue weighted by Crippen LogP contribution is -2.41. The molecule has 1 aliphatic rings. The molecule has 0 fully saturated rings. The summed E-state index contributed by atoms with van der Waals surface area (Å²) in [6.07, 6.45) is -1.28. The van der Waals surface area contributed by atoms with Crippen LogP contribution in [0.5, 0.6) is 0 Å². The average molecular weight is 925 g/mol. The first-order chi connectivity index (χ1) is 30.8. The Bertz CT molecular complexity index is 1960. The van der Waals surface area contributed by atoms with Gasteiger partial charge in [-0.2, -0.15) is 21.6 Å². The van der Waals surface area contributed by atoms with E-state index in [1.165, 1.54) is 6.07 Å². The van der Waals surface area contributed by atoms with Crippen molar-refractivity contribution in [2.75, 3.05) is 104 Å². The average Bonchev–Trinajstić information content (AvgIpc) is 3.27. The fraction of sp³-hybridized carbons (Fsp3) is 0.565. The van der Waals surface area contributed by atoms with Gasteiger partial charge in [-0.15, -0.1) is 0 Å². The van der Waals surface area contributed by atoms with E-state index in [2.05, 4.69) is 4.98 Å². The number of nitrogens with zero attached hydrogens (tertiary/aromatic N) is 2. The number of cyclic esters (lactones) is 1. The number of benzene rings is 2. The number of hydrogen-bond donors (Lipinski definition) is 1. The van der Waals surface area contributed by atoms with Crippen molar-refractivity contribution in [1.29, 1.82) is 0 Å². The summed E-state index contributed by atoms with van der Waals surface area (Å²) in [5.41, 5.74) is -0.113. The molecule has 356 valence electrons. The van der Waals surface area contributed by atoms with Gasteiger partial charge >= 0.3 is 12.1 Å². The van der Waals surface area contributed by atoms with E-state index >= 15 is 0 Å². The number of halogens is 3. The van der Waals surface area contributed by atoms with Crippen LogP contribution >= 0.6 is 0 Å². The smallest absolute Gasteiger partial charge is 0.417 e. The van der Waals surface area contributed by atoms with E-state index in [-0.39, 0.29) is 56.4 Å². The zero-order valence-corrected chi connectivity index (χ0v) is 37.8. The molecule has 18 heteroatoms. The molecule has 2 atom stereocenters. The number of carbonyl (C=O) groups excluding carboxylic acids is 1. The topological polar surface area (TPSA) is 161 Å². The molecule has 0 radical (unpaired) electrons. The van der Waals surface area contributed by atoms with Crippen molar-refractivity contribution in [2.24, 2.45) is 0 Å².